The van der Waals surface area contributed by atoms with Gasteiger partial charge in [-0.2, -0.15) is 0 Å². The highest BCUT2D eigenvalue weighted by Crippen LogP contribution is 2.07. The minimum absolute atomic E-state index is 0.0226. The first-order valence-electron chi connectivity index (χ1n) is 5.53. The van der Waals surface area contributed by atoms with Crippen LogP contribution < -0.4 is 10.6 Å². The van der Waals surface area contributed by atoms with Crippen LogP contribution in [0, 0.1) is 5.41 Å². The summed E-state index contributed by atoms with van der Waals surface area (Å²) in [5.41, 5.74) is 5.86. The van der Waals surface area contributed by atoms with Crippen molar-refractivity contribution in [1.29, 1.82) is 5.41 Å². The van der Waals surface area contributed by atoms with Crippen LogP contribution in [-0.2, 0) is 0 Å². The summed E-state index contributed by atoms with van der Waals surface area (Å²) >= 11 is 0. The van der Waals surface area contributed by atoms with Gasteiger partial charge in [0.25, 0.3) is 0 Å². The van der Waals surface area contributed by atoms with Crippen molar-refractivity contribution < 1.29 is 0 Å². The van der Waals surface area contributed by atoms with Gasteiger partial charge < -0.3 is 10.6 Å². The second-order valence-corrected chi connectivity index (χ2v) is 3.78. The van der Waals surface area contributed by atoms with E-state index >= 15 is 0 Å². The molecule has 0 saturated carbocycles. The predicted octanol–water partition coefficient (Wildman–Crippen LogP) is 1.39. The van der Waals surface area contributed by atoms with E-state index in [4.69, 9.17) is 11.1 Å². The highest BCUT2D eigenvalue weighted by atomic mass is 15.2. The largest absolute Gasteiger partial charge is 0.382 e. The number of hydrogen-bond acceptors (Lipinski definition) is 4. The van der Waals surface area contributed by atoms with Gasteiger partial charge >= 0.3 is 0 Å². The van der Waals surface area contributed by atoms with Crippen LogP contribution in [0.15, 0.2) is 12.3 Å². The number of rotatable bonds is 6. The first-order valence-corrected chi connectivity index (χ1v) is 5.53. The van der Waals surface area contributed by atoms with Crippen LogP contribution in [-0.4, -0.2) is 29.4 Å². The molecular formula is C11H19N5. The van der Waals surface area contributed by atoms with E-state index in [0.29, 0.717) is 11.6 Å². The van der Waals surface area contributed by atoms with Gasteiger partial charge in [-0.3, -0.25) is 5.41 Å². The monoisotopic (exact) mass is 221 g/mol. The maximum Gasteiger partial charge on any atom is 0.225 e. The van der Waals surface area contributed by atoms with Gasteiger partial charge in [-0.05, 0) is 12.5 Å². The molecular weight excluding hydrogens is 202 g/mol. The number of nitrogens with one attached hydrogen (secondary N) is 1. The third-order valence-electron chi connectivity index (χ3n) is 2.36. The van der Waals surface area contributed by atoms with E-state index in [0.717, 1.165) is 13.0 Å². The molecule has 3 N–H and O–H groups in total. The Morgan fingerprint density at radius 1 is 1.50 bits per heavy atom. The quantitative estimate of drug-likeness (QED) is 0.432. The molecule has 0 aliphatic rings. The van der Waals surface area contributed by atoms with Crippen molar-refractivity contribution in [2.45, 2.75) is 26.2 Å². The molecule has 0 radical (unpaired) electrons. The van der Waals surface area contributed by atoms with Gasteiger partial charge in [0.15, 0.2) is 0 Å². The topological polar surface area (TPSA) is 78.9 Å². The van der Waals surface area contributed by atoms with Gasteiger partial charge in [0.2, 0.25) is 5.95 Å². The Bertz CT molecular complexity index is 350. The molecule has 1 heterocycles. The van der Waals surface area contributed by atoms with Gasteiger partial charge in [-0.25, -0.2) is 9.97 Å². The molecule has 1 aromatic heterocycles. The van der Waals surface area contributed by atoms with Crippen molar-refractivity contribution in [3.63, 3.8) is 0 Å². The molecule has 1 aromatic rings. The van der Waals surface area contributed by atoms with Gasteiger partial charge in [0.1, 0.15) is 11.5 Å². The van der Waals surface area contributed by atoms with Crippen molar-refractivity contribution in [3.05, 3.63) is 18.0 Å². The molecule has 0 aliphatic carbocycles. The fourth-order valence-electron chi connectivity index (χ4n) is 1.38. The molecule has 16 heavy (non-hydrogen) atoms. The number of nitrogens with zero attached hydrogens (tertiary/aromatic N) is 3. The van der Waals surface area contributed by atoms with E-state index < -0.39 is 0 Å². The normalized spacial score (nSPS) is 10.1. The zero-order valence-corrected chi connectivity index (χ0v) is 9.90. The minimum Gasteiger partial charge on any atom is -0.382 e. The van der Waals surface area contributed by atoms with Gasteiger partial charge in [0.05, 0.1) is 0 Å². The molecule has 0 fully saturated rings. The van der Waals surface area contributed by atoms with E-state index in [-0.39, 0.29) is 5.84 Å². The van der Waals surface area contributed by atoms with E-state index in [1.807, 2.05) is 11.9 Å². The number of amidine groups is 1. The molecule has 0 bridgehead atoms. The summed E-state index contributed by atoms with van der Waals surface area (Å²) in [6, 6.07) is 1.64. The van der Waals surface area contributed by atoms with Gasteiger partial charge in [-0.15, -0.1) is 0 Å². The van der Waals surface area contributed by atoms with E-state index in [1.54, 1.807) is 12.3 Å². The van der Waals surface area contributed by atoms with Crippen LogP contribution in [0.5, 0.6) is 0 Å². The molecule has 0 saturated heterocycles. The smallest absolute Gasteiger partial charge is 0.225 e. The summed E-state index contributed by atoms with van der Waals surface area (Å²) in [6.07, 6.45) is 5.16. The average molecular weight is 221 g/mol. The maximum absolute atomic E-state index is 7.31. The third-order valence-corrected chi connectivity index (χ3v) is 2.36. The van der Waals surface area contributed by atoms with Gasteiger partial charge in [-0.1, -0.05) is 19.8 Å². The zero-order chi connectivity index (χ0) is 12.0. The summed E-state index contributed by atoms with van der Waals surface area (Å²) in [4.78, 5) is 10.4. The lowest BCUT2D eigenvalue weighted by Crippen LogP contribution is -2.23. The van der Waals surface area contributed by atoms with E-state index in [1.165, 1.54) is 12.8 Å². The fraction of sp³-hybridized carbons (Fsp3) is 0.545. The van der Waals surface area contributed by atoms with Crippen LogP contribution in [0.2, 0.25) is 0 Å². The molecule has 5 nitrogen and oxygen atoms in total. The summed E-state index contributed by atoms with van der Waals surface area (Å²) in [6.45, 7) is 3.10. The lowest BCUT2D eigenvalue weighted by molar-refractivity contribution is 0.696. The van der Waals surface area contributed by atoms with E-state index in [9.17, 15) is 0 Å². The second-order valence-electron chi connectivity index (χ2n) is 3.78. The van der Waals surface area contributed by atoms with Crippen LogP contribution in [0.25, 0.3) is 0 Å². The summed E-state index contributed by atoms with van der Waals surface area (Å²) in [5.74, 6) is 0.606. The first-order chi connectivity index (χ1) is 7.65. The second kappa shape index (κ2) is 6.05. The molecule has 88 valence electrons. The number of nitrogens with two attached hydrogens (primary N) is 1. The fourth-order valence-corrected chi connectivity index (χ4v) is 1.38. The van der Waals surface area contributed by atoms with Crippen LogP contribution in [0.4, 0.5) is 5.95 Å². The van der Waals surface area contributed by atoms with Crippen LogP contribution in [0.3, 0.4) is 0 Å². The first kappa shape index (κ1) is 12.4. The van der Waals surface area contributed by atoms with Crippen LogP contribution >= 0.6 is 0 Å². The Morgan fingerprint density at radius 3 is 2.88 bits per heavy atom. The Kier molecular flexibility index (Phi) is 4.69. The number of aromatic nitrogens is 2. The summed E-state index contributed by atoms with van der Waals surface area (Å²) < 4.78 is 0. The van der Waals surface area contributed by atoms with Crippen molar-refractivity contribution in [2.24, 2.45) is 5.73 Å². The highest BCUT2D eigenvalue weighted by molar-refractivity contribution is 5.93. The number of hydrogen-bond donors (Lipinski definition) is 2. The SMILES string of the molecule is CCCCCN(C)c1nccc(C(=N)N)n1. The predicted molar refractivity (Wildman–Crippen MR) is 65.8 cm³/mol. The van der Waals surface area contributed by atoms with Crippen LogP contribution in [0.1, 0.15) is 31.9 Å². The lowest BCUT2D eigenvalue weighted by atomic mass is 10.2. The van der Waals surface area contributed by atoms with Crippen molar-refractivity contribution >= 4 is 11.8 Å². The lowest BCUT2D eigenvalue weighted by Gasteiger charge is -2.16. The van der Waals surface area contributed by atoms with Crippen molar-refractivity contribution in [1.82, 2.24) is 9.97 Å². The van der Waals surface area contributed by atoms with Crippen molar-refractivity contribution in [3.8, 4) is 0 Å². The third kappa shape index (κ3) is 3.49. The van der Waals surface area contributed by atoms with Gasteiger partial charge in [0, 0.05) is 19.8 Å². The molecule has 5 heteroatoms. The highest BCUT2D eigenvalue weighted by Gasteiger charge is 2.05. The minimum atomic E-state index is -0.0226. The molecule has 0 unspecified atom stereocenters. The Hall–Kier alpha value is -1.65. The average Bonchev–Trinajstić information content (AvgIpc) is 2.29. The van der Waals surface area contributed by atoms with Crippen molar-refractivity contribution in [2.75, 3.05) is 18.5 Å². The molecule has 0 spiro atoms. The molecule has 0 aromatic carbocycles. The number of nitrogen functional groups attached to an aromatic ring is 1. The Morgan fingerprint density at radius 2 is 2.25 bits per heavy atom. The zero-order valence-electron chi connectivity index (χ0n) is 9.90. The molecule has 1 rings (SSSR count). The van der Waals surface area contributed by atoms with E-state index in [2.05, 4.69) is 16.9 Å². The Balaban J connectivity index is 2.64. The number of anilines is 1. The molecule has 0 amide bonds. The molecule has 0 atom stereocenters. The standard InChI is InChI=1S/C11H19N5/c1-3-4-5-8-16(2)11-14-7-6-9(15-11)10(12)13/h6-7H,3-5,8H2,1-2H3,(H3,12,13). The number of unbranched alkanes of at least 4 members (excludes halogenated alkanes) is 2. The molecule has 0 aliphatic heterocycles. The summed E-state index contributed by atoms with van der Waals surface area (Å²) in [7, 11) is 1.95. The summed E-state index contributed by atoms with van der Waals surface area (Å²) in [5, 5.41) is 7.31. The maximum atomic E-state index is 7.31. The Labute approximate surface area is 96.2 Å².